The van der Waals surface area contributed by atoms with Crippen molar-refractivity contribution in [2.75, 3.05) is 19.6 Å². The highest BCUT2D eigenvalue weighted by Crippen LogP contribution is 2.32. The van der Waals surface area contributed by atoms with Crippen molar-refractivity contribution in [3.63, 3.8) is 0 Å². The van der Waals surface area contributed by atoms with E-state index >= 15 is 0 Å². The number of nitrogens with zero attached hydrogens (tertiary/aromatic N) is 1. The molecule has 2 heteroatoms. The van der Waals surface area contributed by atoms with Crippen LogP contribution >= 0.6 is 0 Å². The monoisotopic (exact) mass is 266 g/mol. The lowest BCUT2D eigenvalue weighted by atomic mass is 9.76. The quantitative estimate of drug-likeness (QED) is 0.823. The molecular formula is C17H34N2. The highest BCUT2D eigenvalue weighted by atomic mass is 15.1. The van der Waals surface area contributed by atoms with Gasteiger partial charge in [0.25, 0.3) is 0 Å². The first-order valence-corrected chi connectivity index (χ1v) is 8.70. The van der Waals surface area contributed by atoms with E-state index in [0.717, 1.165) is 17.8 Å². The van der Waals surface area contributed by atoms with Crippen LogP contribution < -0.4 is 5.73 Å². The minimum absolute atomic E-state index is 0.469. The zero-order chi connectivity index (χ0) is 13.7. The normalized spacial score (nSPS) is 34.6. The fourth-order valence-electron chi connectivity index (χ4n) is 4.17. The lowest BCUT2D eigenvalue weighted by Crippen LogP contribution is -2.45. The van der Waals surface area contributed by atoms with Crippen molar-refractivity contribution < 1.29 is 0 Å². The molecular weight excluding hydrogens is 232 g/mol. The number of rotatable bonds is 5. The van der Waals surface area contributed by atoms with E-state index in [2.05, 4.69) is 18.7 Å². The molecule has 0 aromatic heterocycles. The van der Waals surface area contributed by atoms with Crippen LogP contribution in [0.4, 0.5) is 0 Å². The van der Waals surface area contributed by atoms with Crippen molar-refractivity contribution in [3.8, 4) is 0 Å². The topological polar surface area (TPSA) is 29.3 Å². The third kappa shape index (κ3) is 4.46. The van der Waals surface area contributed by atoms with E-state index in [9.17, 15) is 0 Å². The Morgan fingerprint density at radius 1 is 1.00 bits per heavy atom. The predicted octanol–water partition coefficient (Wildman–Crippen LogP) is 3.65. The van der Waals surface area contributed by atoms with E-state index in [4.69, 9.17) is 5.73 Å². The van der Waals surface area contributed by atoms with Crippen LogP contribution in [0.1, 0.15) is 65.2 Å². The number of hydrogen-bond donors (Lipinski definition) is 1. The van der Waals surface area contributed by atoms with Gasteiger partial charge < -0.3 is 10.6 Å². The lowest BCUT2D eigenvalue weighted by molar-refractivity contribution is 0.118. The summed E-state index contributed by atoms with van der Waals surface area (Å²) in [6.07, 6.45) is 11.0. The fraction of sp³-hybridized carbons (Fsp3) is 1.00. The molecule has 0 bridgehead atoms. The Hall–Kier alpha value is -0.0800. The average molecular weight is 266 g/mol. The van der Waals surface area contributed by atoms with Crippen molar-refractivity contribution in [3.05, 3.63) is 0 Å². The van der Waals surface area contributed by atoms with Gasteiger partial charge in [0.2, 0.25) is 0 Å². The van der Waals surface area contributed by atoms with Crippen molar-refractivity contribution in [2.24, 2.45) is 23.5 Å². The smallest absolute Gasteiger partial charge is 0.00795 e. The fourth-order valence-corrected chi connectivity index (χ4v) is 4.17. The van der Waals surface area contributed by atoms with Gasteiger partial charge in [0.05, 0.1) is 0 Å². The second-order valence-corrected chi connectivity index (χ2v) is 7.04. The maximum atomic E-state index is 6.38. The summed E-state index contributed by atoms with van der Waals surface area (Å²) in [5.74, 6) is 2.72. The summed E-state index contributed by atoms with van der Waals surface area (Å²) >= 11 is 0. The third-order valence-corrected chi connectivity index (χ3v) is 5.62. The molecule has 2 rings (SSSR count). The molecule has 3 unspecified atom stereocenters. The molecule has 0 radical (unpaired) electrons. The van der Waals surface area contributed by atoms with Gasteiger partial charge in [-0.15, -0.1) is 0 Å². The molecule has 112 valence electrons. The van der Waals surface area contributed by atoms with Crippen LogP contribution in [0.3, 0.4) is 0 Å². The molecule has 0 aromatic rings. The number of piperidine rings is 1. The summed E-state index contributed by atoms with van der Waals surface area (Å²) in [7, 11) is 0. The zero-order valence-corrected chi connectivity index (χ0v) is 13.1. The Bertz CT molecular complexity index is 246. The Labute approximate surface area is 120 Å². The van der Waals surface area contributed by atoms with Crippen LogP contribution in [0.15, 0.2) is 0 Å². The van der Waals surface area contributed by atoms with E-state index in [1.807, 2.05) is 0 Å². The van der Waals surface area contributed by atoms with Gasteiger partial charge >= 0.3 is 0 Å². The molecule has 0 spiro atoms. The van der Waals surface area contributed by atoms with Crippen molar-refractivity contribution in [1.82, 2.24) is 4.90 Å². The van der Waals surface area contributed by atoms with E-state index in [1.54, 1.807) is 0 Å². The highest BCUT2D eigenvalue weighted by molar-refractivity contribution is 4.85. The molecule has 2 aliphatic rings. The molecule has 1 saturated heterocycles. The molecule has 2 fully saturated rings. The zero-order valence-electron chi connectivity index (χ0n) is 13.1. The molecule has 3 atom stereocenters. The maximum Gasteiger partial charge on any atom is 0.00795 e. The van der Waals surface area contributed by atoms with Gasteiger partial charge in [-0.2, -0.15) is 0 Å². The molecule has 2 nitrogen and oxygen atoms in total. The third-order valence-electron chi connectivity index (χ3n) is 5.62. The van der Waals surface area contributed by atoms with Gasteiger partial charge in [-0.05, 0) is 62.9 Å². The standard InChI is InChI=1S/C17H34N2/c1-3-5-15-6-7-17(18)16(12-15)13-19-10-8-14(4-2)9-11-19/h14-17H,3-13,18H2,1-2H3. The van der Waals surface area contributed by atoms with Crippen molar-refractivity contribution in [1.29, 1.82) is 0 Å². The molecule has 1 aliphatic carbocycles. The Morgan fingerprint density at radius 3 is 2.37 bits per heavy atom. The molecule has 0 amide bonds. The van der Waals surface area contributed by atoms with E-state index in [0.29, 0.717) is 6.04 Å². The molecule has 1 aliphatic heterocycles. The Morgan fingerprint density at radius 2 is 1.74 bits per heavy atom. The maximum absolute atomic E-state index is 6.38. The second-order valence-electron chi connectivity index (χ2n) is 7.04. The van der Waals surface area contributed by atoms with Crippen LogP contribution in [0.2, 0.25) is 0 Å². The molecule has 1 saturated carbocycles. The van der Waals surface area contributed by atoms with Crippen LogP contribution in [-0.2, 0) is 0 Å². The van der Waals surface area contributed by atoms with Crippen molar-refractivity contribution >= 4 is 0 Å². The largest absolute Gasteiger partial charge is 0.327 e. The first kappa shape index (κ1) is 15.3. The molecule has 19 heavy (non-hydrogen) atoms. The lowest BCUT2D eigenvalue weighted by Gasteiger charge is -2.39. The van der Waals surface area contributed by atoms with E-state index in [-0.39, 0.29) is 0 Å². The number of hydrogen-bond acceptors (Lipinski definition) is 2. The highest BCUT2D eigenvalue weighted by Gasteiger charge is 2.30. The van der Waals surface area contributed by atoms with Gasteiger partial charge in [-0.3, -0.25) is 0 Å². The Balaban J connectivity index is 1.77. The summed E-state index contributed by atoms with van der Waals surface area (Å²) in [4.78, 5) is 2.70. The molecule has 0 aromatic carbocycles. The minimum atomic E-state index is 0.469. The van der Waals surface area contributed by atoms with Crippen molar-refractivity contribution in [2.45, 2.75) is 71.3 Å². The second kappa shape index (κ2) is 7.64. The van der Waals surface area contributed by atoms with Gasteiger partial charge in [0.1, 0.15) is 0 Å². The van der Waals surface area contributed by atoms with Crippen LogP contribution in [0.25, 0.3) is 0 Å². The van der Waals surface area contributed by atoms with Crippen LogP contribution in [0.5, 0.6) is 0 Å². The Kier molecular flexibility index (Phi) is 6.15. The summed E-state index contributed by atoms with van der Waals surface area (Å²) in [5, 5.41) is 0. The first-order chi connectivity index (χ1) is 9.22. The number of likely N-dealkylation sites (tertiary alicyclic amines) is 1. The van der Waals surface area contributed by atoms with Gasteiger partial charge in [-0.25, -0.2) is 0 Å². The summed E-state index contributed by atoms with van der Waals surface area (Å²) < 4.78 is 0. The summed E-state index contributed by atoms with van der Waals surface area (Å²) in [5.41, 5.74) is 6.38. The molecule has 2 N–H and O–H groups in total. The SMILES string of the molecule is CCCC1CCC(N)C(CN2CCC(CC)CC2)C1. The predicted molar refractivity (Wildman–Crippen MR) is 83.2 cm³/mol. The molecule has 1 heterocycles. The minimum Gasteiger partial charge on any atom is -0.327 e. The van der Waals surface area contributed by atoms with Gasteiger partial charge in [0.15, 0.2) is 0 Å². The van der Waals surface area contributed by atoms with E-state index in [1.165, 1.54) is 71.0 Å². The van der Waals surface area contributed by atoms with E-state index < -0.39 is 0 Å². The summed E-state index contributed by atoms with van der Waals surface area (Å²) in [6, 6.07) is 0.469. The van der Waals surface area contributed by atoms with Crippen LogP contribution in [0, 0.1) is 17.8 Å². The van der Waals surface area contributed by atoms with Crippen LogP contribution in [-0.4, -0.2) is 30.6 Å². The summed E-state index contributed by atoms with van der Waals surface area (Å²) in [6.45, 7) is 8.57. The number of nitrogens with two attached hydrogens (primary N) is 1. The first-order valence-electron chi connectivity index (χ1n) is 8.70. The van der Waals surface area contributed by atoms with Gasteiger partial charge in [-0.1, -0.05) is 33.1 Å². The average Bonchev–Trinajstić information content (AvgIpc) is 2.44. The van der Waals surface area contributed by atoms with Gasteiger partial charge in [0, 0.05) is 12.6 Å².